The van der Waals surface area contributed by atoms with Gasteiger partial charge in [0.15, 0.2) is 5.82 Å². The van der Waals surface area contributed by atoms with Crippen LogP contribution in [0.1, 0.15) is 21.3 Å². The number of nitrogens with one attached hydrogen (secondary N) is 1. The van der Waals surface area contributed by atoms with Crippen molar-refractivity contribution in [3.8, 4) is 0 Å². The molecule has 12 nitrogen and oxygen atoms in total. The zero-order valence-corrected chi connectivity index (χ0v) is 26.7. The van der Waals surface area contributed by atoms with Crippen molar-refractivity contribution >= 4 is 71.7 Å². The summed E-state index contributed by atoms with van der Waals surface area (Å²) in [6.45, 7) is 8.34. The van der Waals surface area contributed by atoms with Gasteiger partial charge in [0, 0.05) is 69.7 Å². The van der Waals surface area contributed by atoms with Gasteiger partial charge >= 0.3 is 0 Å². The van der Waals surface area contributed by atoms with Gasteiger partial charge in [-0.1, -0.05) is 19.0 Å². The molecule has 0 radical (unpaired) electrons. The Morgan fingerprint density at radius 2 is 1.27 bits per heavy atom. The molecule has 0 bridgehead atoms. The maximum absolute atomic E-state index is 11.7. The van der Waals surface area contributed by atoms with Crippen LogP contribution in [0, 0.1) is 4.78 Å². The van der Waals surface area contributed by atoms with E-state index in [0.29, 0.717) is 43.2 Å². The molecule has 0 saturated carbocycles. The maximum Gasteiger partial charge on any atom is 0.226 e. The van der Waals surface area contributed by atoms with E-state index in [2.05, 4.69) is 47.9 Å². The normalized spacial score (nSPS) is 19.3. The number of anilines is 2. The number of hydrogen-bond donors (Lipinski definition) is 1. The number of nitrogens with zero attached hydrogens (tertiary/aromatic N) is 7. The monoisotopic (exact) mass is 660 g/mol. The van der Waals surface area contributed by atoms with Crippen LogP contribution in [-0.2, 0) is 28.9 Å². The lowest BCUT2D eigenvalue weighted by Gasteiger charge is -2.34. The first kappa shape index (κ1) is 36.5. The number of morpholine rings is 2. The van der Waals surface area contributed by atoms with Crippen LogP contribution >= 0.6 is 34.8 Å². The van der Waals surface area contributed by atoms with Crippen molar-refractivity contribution < 1.29 is 17.9 Å². The molecule has 228 valence electrons. The second-order valence-electron chi connectivity index (χ2n) is 9.41. The number of rotatable bonds is 3. The average Bonchev–Trinajstić information content (AvgIpc) is 2.77. The summed E-state index contributed by atoms with van der Waals surface area (Å²) in [5.41, 5.74) is 0. The summed E-state index contributed by atoms with van der Waals surface area (Å²) in [6, 6.07) is 3.91. The molecule has 2 aliphatic heterocycles. The molecule has 0 aliphatic carbocycles. The molecule has 1 N–H and O–H groups in total. The molecule has 4 heterocycles. The van der Waals surface area contributed by atoms with Crippen LogP contribution in [0.5, 0.6) is 0 Å². The first-order valence-electron chi connectivity index (χ1n) is 11.8. The summed E-state index contributed by atoms with van der Waals surface area (Å²) in [5, 5.41) is 0.651. The highest BCUT2D eigenvalue weighted by molar-refractivity contribution is 7.92. The summed E-state index contributed by atoms with van der Waals surface area (Å²) in [5.74, 6) is 1.80. The van der Waals surface area contributed by atoms with Crippen molar-refractivity contribution in [2.24, 2.45) is 4.36 Å². The molecule has 17 heteroatoms. The number of ether oxygens (including phenoxy) is 2. The van der Waals surface area contributed by atoms with Crippen LogP contribution in [0.15, 0.2) is 16.5 Å². The lowest BCUT2D eigenvalue weighted by atomic mass is 10.2. The highest BCUT2D eigenvalue weighted by Crippen LogP contribution is 2.24. The topological polar surface area (TPSA) is 147 Å². The number of halogens is 3. The molecular formula is C23H39Cl3N8O4S2. The maximum atomic E-state index is 11.7. The van der Waals surface area contributed by atoms with E-state index in [4.69, 9.17) is 49.1 Å². The molecule has 2 aromatic heterocycles. The Morgan fingerprint density at radius 1 is 0.850 bits per heavy atom. The minimum atomic E-state index is -2.27. The average molecular weight is 662 g/mol. The first-order valence-corrected chi connectivity index (χ1v) is 17.6. The van der Waals surface area contributed by atoms with Gasteiger partial charge in [0.1, 0.15) is 16.8 Å². The lowest BCUT2D eigenvalue weighted by molar-refractivity contribution is 0.0985. The Labute approximate surface area is 253 Å². The van der Waals surface area contributed by atoms with Gasteiger partial charge in [-0.3, -0.25) is 8.99 Å². The standard InChI is InChI=1S/C11H17ClN4O2S.C9H11Cl2N3O.C2H7NOS.CH4/c1-8-7-18-5-4-16(8)10-6-9(13-11(12)14-10)15-19(2,3)17;1-6-5-15-3-2-14(6)8-4-7(10)12-9(11)13-8;1-5(2,3)4;/h6,8H,4-5,7H2,1-3H3;4,6H,2-3,5H2,1H3;3H,1-2H3;1H4/t8-;6-;;/m11../s1. The van der Waals surface area contributed by atoms with Gasteiger partial charge in [-0.15, -0.1) is 0 Å². The van der Waals surface area contributed by atoms with Crippen LogP contribution in [-0.4, -0.2) is 105 Å². The molecule has 2 aliphatic rings. The Morgan fingerprint density at radius 3 is 1.68 bits per heavy atom. The van der Waals surface area contributed by atoms with Crippen LogP contribution in [0.3, 0.4) is 0 Å². The number of hydrogen-bond acceptors (Lipinski definition) is 12. The van der Waals surface area contributed by atoms with E-state index in [-0.39, 0.29) is 30.1 Å². The van der Waals surface area contributed by atoms with Gasteiger partial charge in [0.25, 0.3) is 0 Å². The molecule has 2 aromatic rings. The zero-order valence-electron chi connectivity index (χ0n) is 22.8. The van der Waals surface area contributed by atoms with Crippen LogP contribution in [0.4, 0.5) is 17.5 Å². The van der Waals surface area contributed by atoms with Crippen molar-refractivity contribution in [1.82, 2.24) is 19.9 Å². The predicted octanol–water partition coefficient (Wildman–Crippen LogP) is 4.65. The first-order chi connectivity index (χ1) is 18.0. The molecule has 2 fully saturated rings. The third kappa shape index (κ3) is 13.9. The molecule has 4 rings (SSSR count). The molecule has 2 saturated heterocycles. The third-order valence-corrected chi connectivity index (χ3v) is 6.12. The Balaban J connectivity index is 0.000000341. The van der Waals surface area contributed by atoms with Gasteiger partial charge in [0.2, 0.25) is 10.6 Å². The van der Waals surface area contributed by atoms with Gasteiger partial charge in [-0.2, -0.15) is 9.35 Å². The second-order valence-corrected chi connectivity index (χ2v) is 15.5. The molecule has 0 amide bonds. The zero-order chi connectivity index (χ0) is 29.4. The van der Waals surface area contributed by atoms with E-state index in [0.717, 1.165) is 18.9 Å². The fraction of sp³-hybridized carbons (Fsp3) is 0.652. The highest BCUT2D eigenvalue weighted by atomic mass is 35.5. The van der Waals surface area contributed by atoms with E-state index in [9.17, 15) is 8.42 Å². The molecular weight excluding hydrogens is 623 g/mol. The highest BCUT2D eigenvalue weighted by Gasteiger charge is 2.22. The summed E-state index contributed by atoms with van der Waals surface area (Å²) in [4.78, 5) is 20.4. The predicted molar refractivity (Wildman–Crippen MR) is 166 cm³/mol. The molecule has 0 spiro atoms. The van der Waals surface area contributed by atoms with E-state index in [1.54, 1.807) is 24.6 Å². The minimum absolute atomic E-state index is 0. The van der Waals surface area contributed by atoms with E-state index in [1.807, 2.05) is 0 Å². The molecule has 0 aromatic carbocycles. The molecule has 2 atom stereocenters. The summed E-state index contributed by atoms with van der Waals surface area (Å²) in [6.07, 6.45) is 5.88. The summed E-state index contributed by atoms with van der Waals surface area (Å²) >= 11 is 17.5. The second kappa shape index (κ2) is 16.2. The van der Waals surface area contributed by atoms with Gasteiger partial charge in [0.05, 0.1) is 38.5 Å². The minimum Gasteiger partial charge on any atom is -0.377 e. The van der Waals surface area contributed by atoms with Crippen LogP contribution in [0.25, 0.3) is 0 Å². The van der Waals surface area contributed by atoms with E-state index < -0.39 is 19.5 Å². The Kier molecular flexibility index (Phi) is 14.8. The van der Waals surface area contributed by atoms with Crippen molar-refractivity contribution in [3.05, 3.63) is 27.9 Å². The van der Waals surface area contributed by atoms with Crippen LogP contribution in [0.2, 0.25) is 15.7 Å². The van der Waals surface area contributed by atoms with Crippen molar-refractivity contribution in [2.45, 2.75) is 33.4 Å². The largest absolute Gasteiger partial charge is 0.377 e. The van der Waals surface area contributed by atoms with Gasteiger partial charge < -0.3 is 19.3 Å². The van der Waals surface area contributed by atoms with Crippen LogP contribution < -0.4 is 9.80 Å². The van der Waals surface area contributed by atoms with Gasteiger partial charge in [-0.25, -0.2) is 19.2 Å². The lowest BCUT2D eigenvalue weighted by Crippen LogP contribution is -2.44. The van der Waals surface area contributed by atoms with Crippen molar-refractivity contribution in [1.29, 1.82) is 4.78 Å². The van der Waals surface area contributed by atoms with E-state index in [1.165, 1.54) is 12.5 Å². The smallest absolute Gasteiger partial charge is 0.226 e. The molecule has 40 heavy (non-hydrogen) atoms. The Bertz CT molecular complexity index is 1310. The van der Waals surface area contributed by atoms with Gasteiger partial charge in [-0.05, 0) is 37.0 Å². The quantitative estimate of drug-likeness (QED) is 0.364. The fourth-order valence-corrected chi connectivity index (χ4v) is 4.59. The molecule has 0 unspecified atom stereocenters. The summed E-state index contributed by atoms with van der Waals surface area (Å²) in [7, 11) is -4.44. The SMILES string of the molecule is C.CS(C)(=N)=O.C[C@@H]1COCCN1c1cc(Cl)nc(Cl)n1.C[C@@H]1COCCN1c1cc(N=S(C)(C)=O)nc(Cl)n1. The Hall–Kier alpha value is -1.55. The van der Waals surface area contributed by atoms with E-state index >= 15 is 0 Å². The van der Waals surface area contributed by atoms with Crippen molar-refractivity contribution in [2.75, 3.05) is 74.3 Å². The number of aromatic nitrogens is 4. The summed E-state index contributed by atoms with van der Waals surface area (Å²) < 4.78 is 42.8. The van der Waals surface area contributed by atoms with Crippen molar-refractivity contribution in [3.63, 3.8) is 0 Å². The fourth-order valence-electron chi connectivity index (χ4n) is 3.47. The third-order valence-electron chi connectivity index (χ3n) is 4.96.